The molecule has 2 heterocycles. The van der Waals surface area contributed by atoms with E-state index in [0.29, 0.717) is 5.56 Å². The van der Waals surface area contributed by atoms with Crippen molar-refractivity contribution in [3.63, 3.8) is 0 Å². The Kier molecular flexibility index (Phi) is 2.14. The third-order valence-electron chi connectivity index (χ3n) is 2.04. The first-order valence-corrected chi connectivity index (χ1v) is 4.36. The van der Waals surface area contributed by atoms with Crippen molar-refractivity contribution in [1.29, 1.82) is 0 Å². The van der Waals surface area contributed by atoms with E-state index in [4.69, 9.17) is 0 Å². The molecule has 0 aromatic carbocycles. The molecule has 72 valence electrons. The van der Waals surface area contributed by atoms with Crippen LogP contribution < -0.4 is 0 Å². The highest BCUT2D eigenvalue weighted by Gasteiger charge is 2.08. The first-order chi connectivity index (χ1) is 6.85. The minimum atomic E-state index is 0.556. The standard InChI is InChI=1S/C9H10N4O/c1-2-13-5-7(4-11-13)9-8(6-14)3-10-12-9/h3-6H,2H2,1H3,(H,10,12). The van der Waals surface area contributed by atoms with Crippen LogP contribution >= 0.6 is 0 Å². The second kappa shape index (κ2) is 3.45. The molecule has 2 rings (SSSR count). The van der Waals surface area contributed by atoms with Crippen LogP contribution in [0.5, 0.6) is 0 Å². The van der Waals surface area contributed by atoms with Crippen molar-refractivity contribution in [3.05, 3.63) is 24.2 Å². The third kappa shape index (κ3) is 1.32. The van der Waals surface area contributed by atoms with Gasteiger partial charge in [-0.2, -0.15) is 10.2 Å². The van der Waals surface area contributed by atoms with Crippen molar-refractivity contribution in [1.82, 2.24) is 20.0 Å². The van der Waals surface area contributed by atoms with E-state index in [1.807, 2.05) is 13.1 Å². The van der Waals surface area contributed by atoms with Crippen LogP contribution in [0.4, 0.5) is 0 Å². The van der Waals surface area contributed by atoms with Crippen LogP contribution in [0.25, 0.3) is 11.3 Å². The summed E-state index contributed by atoms with van der Waals surface area (Å²) >= 11 is 0. The fraction of sp³-hybridized carbons (Fsp3) is 0.222. The summed E-state index contributed by atoms with van der Waals surface area (Å²) in [5.74, 6) is 0. The molecule has 0 spiro atoms. The molecule has 0 radical (unpaired) electrons. The average Bonchev–Trinajstić information content (AvgIpc) is 2.85. The second-order valence-electron chi connectivity index (χ2n) is 2.90. The monoisotopic (exact) mass is 190 g/mol. The van der Waals surface area contributed by atoms with Crippen molar-refractivity contribution in [2.45, 2.75) is 13.5 Å². The topological polar surface area (TPSA) is 63.6 Å². The molecule has 0 aliphatic heterocycles. The molecule has 0 fully saturated rings. The van der Waals surface area contributed by atoms with Gasteiger partial charge in [0, 0.05) is 18.3 Å². The van der Waals surface area contributed by atoms with Crippen LogP contribution in [-0.2, 0) is 6.54 Å². The minimum absolute atomic E-state index is 0.556. The Labute approximate surface area is 80.7 Å². The van der Waals surface area contributed by atoms with Gasteiger partial charge in [-0.25, -0.2) is 0 Å². The number of aromatic nitrogens is 4. The molecule has 0 saturated carbocycles. The van der Waals surface area contributed by atoms with E-state index in [2.05, 4.69) is 15.3 Å². The molecule has 5 nitrogen and oxygen atoms in total. The first kappa shape index (κ1) is 8.68. The summed E-state index contributed by atoms with van der Waals surface area (Å²) in [6.07, 6.45) is 5.87. The third-order valence-corrected chi connectivity index (χ3v) is 2.04. The van der Waals surface area contributed by atoms with Gasteiger partial charge in [-0.1, -0.05) is 0 Å². The van der Waals surface area contributed by atoms with Gasteiger partial charge in [0.1, 0.15) is 0 Å². The maximum absolute atomic E-state index is 10.7. The van der Waals surface area contributed by atoms with Gasteiger partial charge in [-0.3, -0.25) is 14.6 Å². The summed E-state index contributed by atoms with van der Waals surface area (Å²) in [7, 11) is 0. The Balaban J connectivity index is 2.43. The SMILES string of the molecule is CCn1cc(-c2[nH]ncc2C=O)cn1. The number of nitrogens with one attached hydrogen (secondary N) is 1. The number of aldehydes is 1. The fourth-order valence-corrected chi connectivity index (χ4v) is 1.28. The number of H-pyrrole nitrogens is 1. The summed E-state index contributed by atoms with van der Waals surface area (Å²) < 4.78 is 1.80. The van der Waals surface area contributed by atoms with Gasteiger partial charge in [-0.15, -0.1) is 0 Å². The number of aryl methyl sites for hydroxylation is 1. The largest absolute Gasteiger partial charge is 0.298 e. The molecular weight excluding hydrogens is 180 g/mol. The van der Waals surface area contributed by atoms with Gasteiger partial charge < -0.3 is 0 Å². The summed E-state index contributed by atoms with van der Waals surface area (Å²) in [5, 5.41) is 10.7. The molecule has 2 aromatic heterocycles. The Bertz CT molecular complexity index is 443. The van der Waals surface area contributed by atoms with E-state index < -0.39 is 0 Å². The van der Waals surface area contributed by atoms with Crippen molar-refractivity contribution < 1.29 is 4.79 Å². The zero-order chi connectivity index (χ0) is 9.97. The highest BCUT2D eigenvalue weighted by atomic mass is 16.1. The maximum Gasteiger partial charge on any atom is 0.153 e. The van der Waals surface area contributed by atoms with Gasteiger partial charge in [0.15, 0.2) is 6.29 Å². The van der Waals surface area contributed by atoms with Gasteiger partial charge >= 0.3 is 0 Å². The number of carbonyl (C=O) groups excluding carboxylic acids is 1. The van der Waals surface area contributed by atoms with Gasteiger partial charge in [0.25, 0.3) is 0 Å². The van der Waals surface area contributed by atoms with Crippen molar-refractivity contribution in [3.8, 4) is 11.3 Å². The molecule has 0 bridgehead atoms. The van der Waals surface area contributed by atoms with E-state index in [-0.39, 0.29) is 0 Å². The normalized spacial score (nSPS) is 10.4. The highest BCUT2D eigenvalue weighted by molar-refractivity contribution is 5.84. The lowest BCUT2D eigenvalue weighted by atomic mass is 10.2. The molecule has 0 unspecified atom stereocenters. The van der Waals surface area contributed by atoms with Crippen LogP contribution in [-0.4, -0.2) is 26.3 Å². The predicted molar refractivity (Wildman–Crippen MR) is 50.9 cm³/mol. The Morgan fingerprint density at radius 2 is 2.43 bits per heavy atom. The number of rotatable bonds is 3. The lowest BCUT2D eigenvalue weighted by Gasteiger charge is -1.92. The number of aromatic amines is 1. The van der Waals surface area contributed by atoms with Crippen LogP contribution in [0.3, 0.4) is 0 Å². The van der Waals surface area contributed by atoms with Crippen molar-refractivity contribution >= 4 is 6.29 Å². The molecule has 0 aliphatic rings. The van der Waals surface area contributed by atoms with E-state index in [0.717, 1.165) is 24.1 Å². The number of carbonyl (C=O) groups is 1. The van der Waals surface area contributed by atoms with Crippen molar-refractivity contribution in [2.24, 2.45) is 0 Å². The summed E-state index contributed by atoms with van der Waals surface area (Å²) in [5.41, 5.74) is 2.16. The van der Waals surface area contributed by atoms with Gasteiger partial charge in [-0.05, 0) is 6.92 Å². The van der Waals surface area contributed by atoms with E-state index in [9.17, 15) is 4.79 Å². The first-order valence-electron chi connectivity index (χ1n) is 4.36. The molecule has 14 heavy (non-hydrogen) atoms. The molecule has 5 heteroatoms. The van der Waals surface area contributed by atoms with E-state index in [1.54, 1.807) is 10.9 Å². The highest BCUT2D eigenvalue weighted by Crippen LogP contribution is 2.18. The predicted octanol–water partition coefficient (Wildman–Crippen LogP) is 1.11. The molecule has 0 aliphatic carbocycles. The number of hydrogen-bond donors (Lipinski definition) is 1. The molecule has 0 atom stereocenters. The van der Waals surface area contributed by atoms with Crippen molar-refractivity contribution in [2.75, 3.05) is 0 Å². The molecule has 1 N–H and O–H groups in total. The zero-order valence-electron chi connectivity index (χ0n) is 7.77. The molecular formula is C9H10N4O. The van der Waals surface area contributed by atoms with Crippen LogP contribution in [0, 0.1) is 0 Å². The molecule has 0 saturated heterocycles. The number of hydrogen-bond acceptors (Lipinski definition) is 3. The lowest BCUT2D eigenvalue weighted by molar-refractivity contribution is 0.112. The van der Waals surface area contributed by atoms with Gasteiger partial charge in [0.2, 0.25) is 0 Å². The minimum Gasteiger partial charge on any atom is -0.298 e. The molecule has 0 amide bonds. The maximum atomic E-state index is 10.7. The summed E-state index contributed by atoms with van der Waals surface area (Å²) in [6, 6.07) is 0. The Morgan fingerprint density at radius 1 is 1.57 bits per heavy atom. The second-order valence-corrected chi connectivity index (χ2v) is 2.90. The fourth-order valence-electron chi connectivity index (χ4n) is 1.28. The zero-order valence-corrected chi connectivity index (χ0v) is 7.77. The quantitative estimate of drug-likeness (QED) is 0.737. The van der Waals surface area contributed by atoms with Gasteiger partial charge in [0.05, 0.1) is 23.7 Å². The summed E-state index contributed by atoms with van der Waals surface area (Å²) in [6.45, 7) is 2.81. The average molecular weight is 190 g/mol. The van der Waals surface area contributed by atoms with Crippen LogP contribution in [0.2, 0.25) is 0 Å². The Morgan fingerprint density at radius 3 is 3.07 bits per heavy atom. The van der Waals surface area contributed by atoms with Crippen LogP contribution in [0.15, 0.2) is 18.6 Å². The lowest BCUT2D eigenvalue weighted by Crippen LogP contribution is -1.92. The number of nitrogens with zero attached hydrogens (tertiary/aromatic N) is 3. The smallest absolute Gasteiger partial charge is 0.153 e. The molecule has 2 aromatic rings. The van der Waals surface area contributed by atoms with E-state index in [1.165, 1.54) is 6.20 Å². The van der Waals surface area contributed by atoms with Crippen LogP contribution in [0.1, 0.15) is 17.3 Å². The Hall–Kier alpha value is -1.91. The summed E-state index contributed by atoms with van der Waals surface area (Å²) in [4.78, 5) is 10.7. The van der Waals surface area contributed by atoms with E-state index >= 15 is 0 Å².